The topological polar surface area (TPSA) is 60.2 Å². The van der Waals surface area contributed by atoms with Gasteiger partial charge in [0, 0.05) is 25.2 Å². The minimum absolute atomic E-state index is 0.0745. The first-order valence-corrected chi connectivity index (χ1v) is 10.8. The van der Waals surface area contributed by atoms with Crippen molar-refractivity contribution in [2.45, 2.75) is 25.2 Å². The van der Waals surface area contributed by atoms with Crippen molar-refractivity contribution in [3.8, 4) is 17.1 Å². The standard InChI is InChI=1S/C23H26N4O2S/c1-4-15-27-22(19-11-13-20(29-3)14-12-19)24-25-23(27)30-17-21(28)26(5-2)16-18-9-7-6-8-10-18/h4,6-14H,1,5,15-17H2,2-3H3. The fourth-order valence-corrected chi connectivity index (χ4v) is 3.89. The van der Waals surface area contributed by atoms with Gasteiger partial charge >= 0.3 is 0 Å². The zero-order chi connectivity index (χ0) is 21.3. The number of methoxy groups -OCH3 is 1. The van der Waals surface area contributed by atoms with Crippen molar-refractivity contribution in [2.75, 3.05) is 19.4 Å². The highest BCUT2D eigenvalue weighted by molar-refractivity contribution is 7.99. The van der Waals surface area contributed by atoms with Crippen LogP contribution in [-0.2, 0) is 17.9 Å². The quantitative estimate of drug-likeness (QED) is 0.360. The highest BCUT2D eigenvalue weighted by Crippen LogP contribution is 2.26. The number of rotatable bonds is 10. The molecule has 0 aliphatic rings. The summed E-state index contributed by atoms with van der Waals surface area (Å²) in [5.41, 5.74) is 2.05. The molecule has 0 saturated carbocycles. The van der Waals surface area contributed by atoms with E-state index in [1.807, 2.05) is 71.0 Å². The van der Waals surface area contributed by atoms with Gasteiger partial charge in [-0.25, -0.2) is 0 Å². The number of carbonyl (C=O) groups is 1. The van der Waals surface area contributed by atoms with Crippen LogP contribution in [0.4, 0.5) is 0 Å². The number of amides is 1. The molecule has 3 aromatic rings. The summed E-state index contributed by atoms with van der Waals surface area (Å²) in [5, 5.41) is 9.37. The molecule has 0 fully saturated rings. The van der Waals surface area contributed by atoms with Gasteiger partial charge in [0.05, 0.1) is 12.9 Å². The molecule has 1 aromatic heterocycles. The Morgan fingerprint density at radius 2 is 1.90 bits per heavy atom. The van der Waals surface area contributed by atoms with Crippen molar-refractivity contribution >= 4 is 17.7 Å². The van der Waals surface area contributed by atoms with Gasteiger partial charge < -0.3 is 9.64 Å². The largest absolute Gasteiger partial charge is 0.497 e. The Kier molecular flexibility index (Phi) is 7.68. The molecule has 0 atom stereocenters. The van der Waals surface area contributed by atoms with Gasteiger partial charge in [-0.1, -0.05) is 48.2 Å². The summed E-state index contributed by atoms with van der Waals surface area (Å²) in [6.07, 6.45) is 1.80. The Morgan fingerprint density at radius 1 is 1.17 bits per heavy atom. The third kappa shape index (κ3) is 5.30. The summed E-state index contributed by atoms with van der Waals surface area (Å²) in [6.45, 7) is 7.66. The van der Waals surface area contributed by atoms with Crippen LogP contribution >= 0.6 is 11.8 Å². The van der Waals surface area contributed by atoms with Gasteiger partial charge in [-0.15, -0.1) is 16.8 Å². The lowest BCUT2D eigenvalue weighted by atomic mass is 10.2. The van der Waals surface area contributed by atoms with Crippen LogP contribution in [-0.4, -0.2) is 45.0 Å². The average molecular weight is 423 g/mol. The zero-order valence-corrected chi connectivity index (χ0v) is 18.1. The van der Waals surface area contributed by atoms with E-state index in [1.54, 1.807) is 13.2 Å². The summed E-state index contributed by atoms with van der Waals surface area (Å²) in [5.74, 6) is 1.90. The molecule has 0 aliphatic heterocycles. The van der Waals surface area contributed by atoms with Gasteiger partial charge in [0.25, 0.3) is 0 Å². The van der Waals surface area contributed by atoms with Crippen molar-refractivity contribution < 1.29 is 9.53 Å². The van der Waals surface area contributed by atoms with Crippen LogP contribution in [0.5, 0.6) is 5.75 Å². The maximum atomic E-state index is 12.8. The van der Waals surface area contributed by atoms with Crippen LogP contribution in [0, 0.1) is 0 Å². The van der Waals surface area contributed by atoms with Crippen molar-refractivity contribution in [1.82, 2.24) is 19.7 Å². The maximum absolute atomic E-state index is 12.8. The van der Waals surface area contributed by atoms with Gasteiger partial charge in [0.15, 0.2) is 11.0 Å². The van der Waals surface area contributed by atoms with Gasteiger partial charge in [-0.3, -0.25) is 9.36 Å². The summed E-state index contributed by atoms with van der Waals surface area (Å²) >= 11 is 1.40. The number of carbonyl (C=O) groups excluding carboxylic acids is 1. The van der Waals surface area contributed by atoms with Crippen molar-refractivity contribution in [1.29, 1.82) is 0 Å². The van der Waals surface area contributed by atoms with Gasteiger partial charge in [0.2, 0.25) is 5.91 Å². The van der Waals surface area contributed by atoms with E-state index in [0.717, 1.165) is 22.7 Å². The number of allylic oxidation sites excluding steroid dienone is 1. The second kappa shape index (κ2) is 10.6. The summed E-state index contributed by atoms with van der Waals surface area (Å²) in [4.78, 5) is 14.6. The van der Waals surface area contributed by atoms with E-state index < -0.39 is 0 Å². The van der Waals surface area contributed by atoms with Crippen molar-refractivity contribution in [2.24, 2.45) is 0 Å². The molecule has 0 radical (unpaired) electrons. The van der Waals surface area contributed by atoms with Crippen LogP contribution in [0.25, 0.3) is 11.4 Å². The molecule has 1 heterocycles. The average Bonchev–Trinajstić information content (AvgIpc) is 3.19. The first kappa shape index (κ1) is 21.6. The predicted molar refractivity (Wildman–Crippen MR) is 120 cm³/mol. The first-order chi connectivity index (χ1) is 14.7. The lowest BCUT2D eigenvalue weighted by molar-refractivity contribution is -0.128. The Labute approximate surface area is 181 Å². The number of hydrogen-bond donors (Lipinski definition) is 0. The molecule has 2 aromatic carbocycles. The fourth-order valence-electron chi connectivity index (χ4n) is 3.04. The second-order valence-electron chi connectivity index (χ2n) is 6.62. The third-order valence-electron chi connectivity index (χ3n) is 4.65. The molecule has 0 N–H and O–H groups in total. The number of aromatic nitrogens is 3. The van der Waals surface area contributed by atoms with Gasteiger partial charge in [-0.2, -0.15) is 0 Å². The van der Waals surface area contributed by atoms with E-state index in [2.05, 4.69) is 16.8 Å². The van der Waals surface area contributed by atoms with E-state index in [1.165, 1.54) is 11.8 Å². The molecule has 0 saturated heterocycles. The Morgan fingerprint density at radius 3 is 2.53 bits per heavy atom. The normalized spacial score (nSPS) is 10.6. The monoisotopic (exact) mass is 422 g/mol. The number of ether oxygens (including phenoxy) is 1. The molecule has 1 amide bonds. The van der Waals surface area contributed by atoms with Gasteiger partial charge in [-0.05, 0) is 36.8 Å². The molecule has 3 rings (SSSR count). The molecule has 6 nitrogen and oxygen atoms in total. The lowest BCUT2D eigenvalue weighted by Crippen LogP contribution is -2.31. The highest BCUT2D eigenvalue weighted by atomic mass is 32.2. The molecule has 0 aliphatic carbocycles. The van der Waals surface area contributed by atoms with Crippen LogP contribution in [0.3, 0.4) is 0 Å². The summed E-state index contributed by atoms with van der Waals surface area (Å²) in [7, 11) is 1.64. The summed E-state index contributed by atoms with van der Waals surface area (Å²) < 4.78 is 7.20. The van der Waals surface area contributed by atoms with Gasteiger partial charge in [0.1, 0.15) is 5.75 Å². The van der Waals surface area contributed by atoms with Crippen LogP contribution in [0.15, 0.2) is 72.4 Å². The Balaban J connectivity index is 1.71. The smallest absolute Gasteiger partial charge is 0.233 e. The minimum atomic E-state index is 0.0745. The van der Waals surface area contributed by atoms with E-state index >= 15 is 0 Å². The highest BCUT2D eigenvalue weighted by Gasteiger charge is 2.17. The molecule has 30 heavy (non-hydrogen) atoms. The Bertz CT molecular complexity index is 971. The number of benzene rings is 2. The SMILES string of the molecule is C=CCn1c(SCC(=O)N(CC)Cc2ccccc2)nnc1-c1ccc(OC)cc1. The lowest BCUT2D eigenvalue weighted by Gasteiger charge is -2.20. The molecule has 156 valence electrons. The number of thioether (sulfide) groups is 1. The number of nitrogens with zero attached hydrogens (tertiary/aromatic N) is 4. The maximum Gasteiger partial charge on any atom is 0.233 e. The van der Waals surface area contributed by atoms with Crippen molar-refractivity contribution in [3.63, 3.8) is 0 Å². The Hall–Kier alpha value is -3.06. The molecule has 0 unspecified atom stereocenters. The third-order valence-corrected chi connectivity index (χ3v) is 5.60. The second-order valence-corrected chi connectivity index (χ2v) is 7.56. The predicted octanol–water partition coefficient (Wildman–Crippen LogP) is 4.28. The van der Waals surface area contributed by atoms with E-state index in [0.29, 0.717) is 30.5 Å². The van der Waals surface area contributed by atoms with E-state index in [4.69, 9.17) is 4.74 Å². The fraction of sp³-hybridized carbons (Fsp3) is 0.261. The van der Waals surface area contributed by atoms with E-state index in [-0.39, 0.29) is 5.91 Å². The first-order valence-electron chi connectivity index (χ1n) is 9.79. The van der Waals surface area contributed by atoms with Crippen LogP contribution in [0.1, 0.15) is 12.5 Å². The summed E-state index contributed by atoms with van der Waals surface area (Å²) in [6, 6.07) is 17.7. The number of hydrogen-bond acceptors (Lipinski definition) is 5. The van der Waals surface area contributed by atoms with Crippen LogP contribution < -0.4 is 4.74 Å². The molecular formula is C23H26N4O2S. The molecule has 7 heteroatoms. The minimum Gasteiger partial charge on any atom is -0.497 e. The van der Waals surface area contributed by atoms with Crippen LogP contribution in [0.2, 0.25) is 0 Å². The molecular weight excluding hydrogens is 396 g/mol. The molecule has 0 bridgehead atoms. The zero-order valence-electron chi connectivity index (χ0n) is 17.3. The molecule has 0 spiro atoms. The van der Waals surface area contributed by atoms with Crippen molar-refractivity contribution in [3.05, 3.63) is 72.8 Å². The van der Waals surface area contributed by atoms with E-state index in [9.17, 15) is 4.79 Å².